The van der Waals surface area contributed by atoms with Crippen molar-refractivity contribution in [3.8, 4) is 17.6 Å². The van der Waals surface area contributed by atoms with E-state index in [0.717, 1.165) is 3.57 Å². The SMILES string of the molecule is COc1cc(/C=C(\C#N)C(=O)Nc2cccc(I)c2)cc(Br)c1OC(C)=O. The Bertz CT molecular complexity index is 967. The number of nitrogens with one attached hydrogen (secondary N) is 1. The highest BCUT2D eigenvalue weighted by atomic mass is 127. The molecule has 0 saturated carbocycles. The summed E-state index contributed by atoms with van der Waals surface area (Å²) >= 11 is 5.44. The molecule has 2 rings (SSSR count). The van der Waals surface area contributed by atoms with Crippen LogP contribution in [0.15, 0.2) is 46.4 Å². The van der Waals surface area contributed by atoms with Gasteiger partial charge in [0.2, 0.25) is 0 Å². The number of esters is 1. The molecule has 1 amide bonds. The molecule has 1 N–H and O–H groups in total. The average Bonchev–Trinajstić information content (AvgIpc) is 2.61. The van der Waals surface area contributed by atoms with Gasteiger partial charge in [-0.25, -0.2) is 0 Å². The first-order chi connectivity index (χ1) is 12.8. The van der Waals surface area contributed by atoms with Crippen molar-refractivity contribution in [3.63, 3.8) is 0 Å². The van der Waals surface area contributed by atoms with E-state index >= 15 is 0 Å². The van der Waals surface area contributed by atoms with E-state index in [2.05, 4.69) is 43.8 Å². The third-order valence-corrected chi connectivity index (χ3v) is 4.52. The number of benzene rings is 2. The van der Waals surface area contributed by atoms with Crippen molar-refractivity contribution in [2.24, 2.45) is 0 Å². The molecule has 0 bridgehead atoms. The minimum Gasteiger partial charge on any atom is -0.493 e. The van der Waals surface area contributed by atoms with Gasteiger partial charge in [0.1, 0.15) is 11.6 Å². The highest BCUT2D eigenvalue weighted by Crippen LogP contribution is 2.37. The number of anilines is 1. The molecular weight excluding hydrogens is 527 g/mol. The summed E-state index contributed by atoms with van der Waals surface area (Å²) in [7, 11) is 1.43. The van der Waals surface area contributed by atoms with Gasteiger partial charge in [-0.1, -0.05) is 6.07 Å². The van der Waals surface area contributed by atoms with Crippen LogP contribution in [0.1, 0.15) is 12.5 Å². The molecule has 8 heteroatoms. The molecule has 0 aliphatic rings. The Balaban J connectivity index is 2.34. The molecule has 6 nitrogen and oxygen atoms in total. The van der Waals surface area contributed by atoms with Crippen LogP contribution in [0.2, 0.25) is 0 Å². The number of amides is 1. The van der Waals surface area contributed by atoms with Gasteiger partial charge in [0.25, 0.3) is 5.91 Å². The first-order valence-corrected chi connectivity index (χ1v) is 9.46. The van der Waals surface area contributed by atoms with Crippen LogP contribution in [0.4, 0.5) is 5.69 Å². The molecule has 0 spiro atoms. The van der Waals surface area contributed by atoms with E-state index in [1.807, 2.05) is 18.2 Å². The zero-order chi connectivity index (χ0) is 20.0. The normalized spacial score (nSPS) is 10.7. The summed E-state index contributed by atoms with van der Waals surface area (Å²) in [5, 5.41) is 12.1. The predicted octanol–water partition coefficient (Wildman–Crippen LogP) is 4.53. The number of nitrogens with zero attached hydrogens (tertiary/aromatic N) is 1. The van der Waals surface area contributed by atoms with E-state index < -0.39 is 11.9 Å². The van der Waals surface area contributed by atoms with E-state index in [0.29, 0.717) is 21.5 Å². The van der Waals surface area contributed by atoms with Crippen LogP contribution in [0, 0.1) is 14.9 Å². The molecule has 2 aromatic carbocycles. The standard InChI is InChI=1S/C19H14BrIN2O4/c1-11(24)27-18-16(20)7-12(8-17(18)26-2)6-13(10-22)19(25)23-15-5-3-4-14(21)9-15/h3-9H,1-2H3,(H,23,25)/b13-6+. The van der Waals surface area contributed by atoms with Gasteiger partial charge in [0.15, 0.2) is 11.5 Å². The van der Waals surface area contributed by atoms with E-state index in [4.69, 9.17) is 9.47 Å². The topological polar surface area (TPSA) is 88.4 Å². The predicted molar refractivity (Wildman–Crippen MR) is 113 cm³/mol. The molecule has 0 saturated heterocycles. The summed E-state index contributed by atoms with van der Waals surface area (Å²) in [5.41, 5.74) is 1.05. The Kier molecular flexibility index (Phi) is 7.38. The summed E-state index contributed by atoms with van der Waals surface area (Å²) in [6.45, 7) is 1.28. The van der Waals surface area contributed by atoms with Gasteiger partial charge in [-0.2, -0.15) is 5.26 Å². The Morgan fingerprint density at radius 1 is 1.30 bits per heavy atom. The van der Waals surface area contributed by atoms with Gasteiger partial charge in [0.05, 0.1) is 11.6 Å². The maximum atomic E-state index is 12.4. The fourth-order valence-corrected chi connectivity index (χ4v) is 3.23. The van der Waals surface area contributed by atoms with Crippen molar-refractivity contribution >= 4 is 62.2 Å². The molecule has 0 aromatic heterocycles. The Morgan fingerprint density at radius 2 is 2.04 bits per heavy atom. The molecule has 0 aliphatic carbocycles. The van der Waals surface area contributed by atoms with E-state index in [1.165, 1.54) is 20.1 Å². The van der Waals surface area contributed by atoms with Crippen LogP contribution in [0.25, 0.3) is 6.08 Å². The number of carbonyl (C=O) groups excluding carboxylic acids is 2. The maximum Gasteiger partial charge on any atom is 0.308 e. The van der Waals surface area contributed by atoms with Crippen molar-refractivity contribution in [3.05, 3.63) is 55.6 Å². The fourth-order valence-electron chi connectivity index (χ4n) is 2.15. The minimum absolute atomic E-state index is 0.0805. The number of halogens is 2. The van der Waals surface area contributed by atoms with Crippen LogP contribution < -0.4 is 14.8 Å². The number of nitriles is 1. The number of carbonyl (C=O) groups is 2. The highest BCUT2D eigenvalue weighted by molar-refractivity contribution is 14.1. The number of methoxy groups -OCH3 is 1. The lowest BCUT2D eigenvalue weighted by molar-refractivity contribution is -0.132. The first-order valence-electron chi connectivity index (χ1n) is 7.58. The maximum absolute atomic E-state index is 12.4. The summed E-state index contributed by atoms with van der Waals surface area (Å²) < 4.78 is 11.8. The summed E-state index contributed by atoms with van der Waals surface area (Å²) in [4.78, 5) is 23.6. The summed E-state index contributed by atoms with van der Waals surface area (Å²) in [5.74, 6) is -0.504. The lowest BCUT2D eigenvalue weighted by Crippen LogP contribution is -2.13. The smallest absolute Gasteiger partial charge is 0.308 e. The molecule has 0 fully saturated rings. The zero-order valence-electron chi connectivity index (χ0n) is 14.4. The lowest BCUT2D eigenvalue weighted by atomic mass is 10.1. The van der Waals surface area contributed by atoms with Gasteiger partial charge in [-0.05, 0) is 80.5 Å². The van der Waals surface area contributed by atoms with Crippen LogP contribution in [-0.4, -0.2) is 19.0 Å². The van der Waals surface area contributed by atoms with Gasteiger partial charge in [-0.3, -0.25) is 9.59 Å². The number of rotatable bonds is 5. The second-order valence-electron chi connectivity index (χ2n) is 5.26. The van der Waals surface area contributed by atoms with E-state index in [-0.39, 0.29) is 11.3 Å². The van der Waals surface area contributed by atoms with Gasteiger partial charge in [0, 0.05) is 16.2 Å². The second kappa shape index (κ2) is 9.53. The molecule has 27 heavy (non-hydrogen) atoms. The van der Waals surface area contributed by atoms with Crippen LogP contribution in [0.3, 0.4) is 0 Å². The Labute approximate surface area is 178 Å². The molecular formula is C19H14BrIN2O4. The molecule has 0 unspecified atom stereocenters. The van der Waals surface area contributed by atoms with Crippen LogP contribution in [0.5, 0.6) is 11.5 Å². The van der Waals surface area contributed by atoms with E-state index in [9.17, 15) is 14.9 Å². The quantitative estimate of drug-likeness (QED) is 0.198. The highest BCUT2D eigenvalue weighted by Gasteiger charge is 2.15. The van der Waals surface area contributed by atoms with Crippen LogP contribution >= 0.6 is 38.5 Å². The minimum atomic E-state index is -0.529. The Morgan fingerprint density at radius 3 is 2.63 bits per heavy atom. The van der Waals surface area contributed by atoms with Crippen molar-refractivity contribution < 1.29 is 19.1 Å². The largest absolute Gasteiger partial charge is 0.493 e. The number of hydrogen-bond acceptors (Lipinski definition) is 5. The van der Waals surface area contributed by atoms with Crippen molar-refractivity contribution in [2.75, 3.05) is 12.4 Å². The van der Waals surface area contributed by atoms with Crippen molar-refractivity contribution in [2.45, 2.75) is 6.92 Å². The van der Waals surface area contributed by atoms with Gasteiger partial charge in [-0.15, -0.1) is 0 Å². The van der Waals surface area contributed by atoms with Gasteiger partial charge >= 0.3 is 5.97 Å². The molecule has 138 valence electrons. The third kappa shape index (κ3) is 5.80. The Hall–Kier alpha value is -2.38. The molecule has 0 radical (unpaired) electrons. The monoisotopic (exact) mass is 540 g/mol. The molecule has 2 aromatic rings. The van der Waals surface area contributed by atoms with Crippen molar-refractivity contribution in [1.82, 2.24) is 0 Å². The molecule has 0 aliphatic heterocycles. The first kappa shape index (κ1) is 20.9. The fraction of sp³-hybridized carbons (Fsp3) is 0.105. The number of hydrogen-bond donors (Lipinski definition) is 1. The van der Waals surface area contributed by atoms with Crippen molar-refractivity contribution in [1.29, 1.82) is 5.26 Å². The lowest BCUT2D eigenvalue weighted by Gasteiger charge is -2.11. The zero-order valence-corrected chi connectivity index (χ0v) is 18.1. The summed E-state index contributed by atoms with van der Waals surface area (Å²) in [6.07, 6.45) is 1.42. The van der Waals surface area contributed by atoms with E-state index in [1.54, 1.807) is 24.3 Å². The average molecular weight is 541 g/mol. The summed E-state index contributed by atoms with van der Waals surface area (Å²) in [6, 6.07) is 12.3. The molecule has 0 atom stereocenters. The van der Waals surface area contributed by atoms with Gasteiger partial charge < -0.3 is 14.8 Å². The molecule has 0 heterocycles. The van der Waals surface area contributed by atoms with Crippen LogP contribution in [-0.2, 0) is 9.59 Å². The number of ether oxygens (including phenoxy) is 2. The third-order valence-electron chi connectivity index (χ3n) is 3.26. The second-order valence-corrected chi connectivity index (χ2v) is 7.36.